The second kappa shape index (κ2) is 5.31. The number of nitrogen functional groups attached to an aromatic ring is 1. The molecule has 92 valence electrons. The van der Waals surface area contributed by atoms with Crippen molar-refractivity contribution in [2.75, 3.05) is 5.73 Å². The third-order valence-corrected chi connectivity index (χ3v) is 2.69. The summed E-state index contributed by atoms with van der Waals surface area (Å²) in [5.41, 5.74) is 7.13. The summed E-state index contributed by atoms with van der Waals surface area (Å²) in [5.74, 6) is 0.190. The summed E-state index contributed by atoms with van der Waals surface area (Å²) in [5, 5.41) is 2.92. The van der Waals surface area contributed by atoms with E-state index in [0.29, 0.717) is 11.4 Å². The summed E-state index contributed by atoms with van der Waals surface area (Å²) >= 11 is 0. The van der Waals surface area contributed by atoms with E-state index in [9.17, 15) is 4.79 Å². The van der Waals surface area contributed by atoms with Gasteiger partial charge in [-0.1, -0.05) is 30.3 Å². The maximum absolute atomic E-state index is 12.0. The van der Waals surface area contributed by atoms with E-state index in [-0.39, 0.29) is 11.9 Å². The number of amides is 1. The topological polar surface area (TPSA) is 68.0 Å². The van der Waals surface area contributed by atoms with Crippen LogP contribution in [0, 0.1) is 0 Å². The molecule has 1 aromatic heterocycles. The Morgan fingerprint density at radius 1 is 1.28 bits per heavy atom. The number of nitrogens with zero attached hydrogens (tertiary/aromatic N) is 1. The Bertz CT molecular complexity index is 540. The smallest absolute Gasteiger partial charge is 0.251 e. The molecule has 4 nitrogen and oxygen atoms in total. The van der Waals surface area contributed by atoms with E-state index in [1.54, 1.807) is 12.1 Å². The van der Waals surface area contributed by atoms with Gasteiger partial charge in [0, 0.05) is 11.8 Å². The van der Waals surface area contributed by atoms with Crippen molar-refractivity contribution in [2.24, 2.45) is 0 Å². The summed E-state index contributed by atoms with van der Waals surface area (Å²) < 4.78 is 0. The number of benzene rings is 1. The first-order chi connectivity index (χ1) is 8.66. The standard InChI is InChI=1S/C14H15N3O/c1-10(11-5-3-2-4-6-11)17-14(18)12-7-8-16-13(15)9-12/h2-10H,1H3,(H2,15,16)(H,17,18). The molecule has 0 bridgehead atoms. The van der Waals surface area contributed by atoms with Crippen LogP contribution in [-0.4, -0.2) is 10.9 Å². The zero-order valence-electron chi connectivity index (χ0n) is 10.1. The minimum absolute atomic E-state index is 0.0481. The minimum Gasteiger partial charge on any atom is -0.384 e. The van der Waals surface area contributed by atoms with Crippen LogP contribution in [0.2, 0.25) is 0 Å². The number of hydrogen-bond acceptors (Lipinski definition) is 3. The van der Waals surface area contributed by atoms with Crippen LogP contribution in [-0.2, 0) is 0 Å². The lowest BCUT2D eigenvalue weighted by Gasteiger charge is -2.14. The number of rotatable bonds is 3. The molecule has 0 saturated carbocycles. The quantitative estimate of drug-likeness (QED) is 0.865. The van der Waals surface area contributed by atoms with Crippen molar-refractivity contribution in [3.05, 3.63) is 59.8 Å². The fourth-order valence-corrected chi connectivity index (χ4v) is 1.69. The van der Waals surface area contributed by atoms with Gasteiger partial charge in [-0.25, -0.2) is 4.98 Å². The van der Waals surface area contributed by atoms with Gasteiger partial charge >= 0.3 is 0 Å². The molecule has 0 aliphatic carbocycles. The van der Waals surface area contributed by atoms with E-state index in [2.05, 4.69) is 10.3 Å². The van der Waals surface area contributed by atoms with Crippen molar-refractivity contribution in [1.29, 1.82) is 0 Å². The number of anilines is 1. The molecule has 0 spiro atoms. The van der Waals surface area contributed by atoms with Gasteiger partial charge in [0.05, 0.1) is 6.04 Å². The number of carbonyl (C=O) groups excluding carboxylic acids is 1. The van der Waals surface area contributed by atoms with Gasteiger partial charge in [0.15, 0.2) is 0 Å². The molecule has 1 amide bonds. The number of nitrogens with one attached hydrogen (secondary N) is 1. The molecule has 3 N–H and O–H groups in total. The largest absolute Gasteiger partial charge is 0.384 e. The highest BCUT2D eigenvalue weighted by atomic mass is 16.1. The summed E-state index contributed by atoms with van der Waals surface area (Å²) in [6.45, 7) is 1.94. The van der Waals surface area contributed by atoms with Gasteiger partial charge in [-0.2, -0.15) is 0 Å². The number of pyridine rings is 1. The molecule has 18 heavy (non-hydrogen) atoms. The summed E-state index contributed by atoms with van der Waals surface area (Å²) in [4.78, 5) is 15.8. The van der Waals surface area contributed by atoms with Crippen molar-refractivity contribution in [2.45, 2.75) is 13.0 Å². The monoisotopic (exact) mass is 241 g/mol. The van der Waals surface area contributed by atoms with E-state index >= 15 is 0 Å². The van der Waals surface area contributed by atoms with Crippen LogP contribution >= 0.6 is 0 Å². The Kier molecular flexibility index (Phi) is 3.57. The summed E-state index contributed by atoms with van der Waals surface area (Å²) in [6.07, 6.45) is 1.53. The second-order valence-corrected chi connectivity index (χ2v) is 4.08. The van der Waals surface area contributed by atoms with Crippen LogP contribution < -0.4 is 11.1 Å². The van der Waals surface area contributed by atoms with Crippen molar-refractivity contribution >= 4 is 11.7 Å². The van der Waals surface area contributed by atoms with E-state index in [1.807, 2.05) is 37.3 Å². The van der Waals surface area contributed by atoms with Crippen molar-refractivity contribution in [3.8, 4) is 0 Å². The van der Waals surface area contributed by atoms with E-state index < -0.39 is 0 Å². The molecular weight excluding hydrogens is 226 g/mol. The van der Waals surface area contributed by atoms with Crippen LogP contribution in [0.1, 0.15) is 28.9 Å². The molecule has 0 aliphatic rings. The molecule has 2 aromatic rings. The minimum atomic E-state index is -0.152. The summed E-state index contributed by atoms with van der Waals surface area (Å²) in [7, 11) is 0. The lowest BCUT2D eigenvalue weighted by atomic mass is 10.1. The van der Waals surface area contributed by atoms with Crippen LogP contribution in [0.5, 0.6) is 0 Å². The predicted octanol–water partition coefficient (Wildman–Crippen LogP) is 2.15. The van der Waals surface area contributed by atoms with Gasteiger partial charge in [0.1, 0.15) is 5.82 Å². The van der Waals surface area contributed by atoms with Gasteiger partial charge in [-0.15, -0.1) is 0 Å². The average molecular weight is 241 g/mol. The molecule has 1 atom stereocenters. The SMILES string of the molecule is CC(NC(=O)c1ccnc(N)c1)c1ccccc1. The van der Waals surface area contributed by atoms with E-state index in [4.69, 9.17) is 5.73 Å². The molecule has 1 heterocycles. The molecule has 0 radical (unpaired) electrons. The maximum Gasteiger partial charge on any atom is 0.251 e. The highest BCUT2D eigenvalue weighted by molar-refractivity contribution is 5.94. The van der Waals surface area contributed by atoms with E-state index in [1.165, 1.54) is 6.20 Å². The number of carbonyl (C=O) groups is 1. The Morgan fingerprint density at radius 3 is 2.67 bits per heavy atom. The molecule has 1 unspecified atom stereocenters. The molecule has 0 fully saturated rings. The van der Waals surface area contributed by atoms with Gasteiger partial charge < -0.3 is 11.1 Å². The normalized spacial score (nSPS) is 11.8. The highest BCUT2D eigenvalue weighted by Gasteiger charge is 2.11. The third-order valence-electron chi connectivity index (χ3n) is 2.69. The first kappa shape index (κ1) is 12.1. The Balaban J connectivity index is 2.08. The number of hydrogen-bond donors (Lipinski definition) is 2. The Morgan fingerprint density at radius 2 is 2.00 bits per heavy atom. The summed E-state index contributed by atoms with van der Waals surface area (Å²) in [6, 6.07) is 13.0. The molecule has 0 aliphatic heterocycles. The first-order valence-electron chi connectivity index (χ1n) is 5.74. The Labute approximate surface area is 106 Å². The molecule has 1 aromatic carbocycles. The number of nitrogens with two attached hydrogens (primary N) is 1. The van der Waals surface area contributed by atoms with Crippen molar-refractivity contribution in [1.82, 2.24) is 10.3 Å². The van der Waals surface area contributed by atoms with Gasteiger partial charge in [0.25, 0.3) is 5.91 Å². The fraction of sp³-hybridized carbons (Fsp3) is 0.143. The number of aromatic nitrogens is 1. The third kappa shape index (κ3) is 2.85. The molecule has 0 saturated heterocycles. The predicted molar refractivity (Wildman–Crippen MR) is 71.0 cm³/mol. The molecule has 2 rings (SSSR count). The van der Waals surface area contributed by atoms with Crippen molar-refractivity contribution in [3.63, 3.8) is 0 Å². The van der Waals surface area contributed by atoms with Crippen LogP contribution in [0.4, 0.5) is 5.82 Å². The van der Waals surface area contributed by atoms with E-state index in [0.717, 1.165) is 5.56 Å². The lowest BCUT2D eigenvalue weighted by molar-refractivity contribution is 0.0940. The van der Waals surface area contributed by atoms with Crippen LogP contribution in [0.15, 0.2) is 48.7 Å². The van der Waals surface area contributed by atoms with Crippen LogP contribution in [0.25, 0.3) is 0 Å². The van der Waals surface area contributed by atoms with Gasteiger partial charge in [-0.3, -0.25) is 4.79 Å². The zero-order valence-corrected chi connectivity index (χ0v) is 10.1. The lowest BCUT2D eigenvalue weighted by Crippen LogP contribution is -2.26. The fourth-order valence-electron chi connectivity index (χ4n) is 1.69. The van der Waals surface area contributed by atoms with Crippen LogP contribution in [0.3, 0.4) is 0 Å². The maximum atomic E-state index is 12.0. The average Bonchev–Trinajstić information content (AvgIpc) is 2.39. The molecular formula is C14H15N3O. The molecule has 4 heteroatoms. The second-order valence-electron chi connectivity index (χ2n) is 4.08. The van der Waals surface area contributed by atoms with Gasteiger partial charge in [-0.05, 0) is 24.6 Å². The van der Waals surface area contributed by atoms with Crippen molar-refractivity contribution < 1.29 is 4.79 Å². The van der Waals surface area contributed by atoms with Gasteiger partial charge in [0.2, 0.25) is 0 Å². The highest BCUT2D eigenvalue weighted by Crippen LogP contribution is 2.12. The Hall–Kier alpha value is -2.36. The first-order valence-corrected chi connectivity index (χ1v) is 5.74. The zero-order chi connectivity index (χ0) is 13.0.